The van der Waals surface area contributed by atoms with Gasteiger partial charge < -0.3 is 15.0 Å². The number of esters is 1. The topological polar surface area (TPSA) is 75.7 Å². The van der Waals surface area contributed by atoms with Gasteiger partial charge >= 0.3 is 5.97 Å². The van der Waals surface area contributed by atoms with Gasteiger partial charge in [0.1, 0.15) is 12.1 Å². The van der Waals surface area contributed by atoms with Gasteiger partial charge in [-0.05, 0) is 50.5 Å². The first kappa shape index (κ1) is 23.6. The summed E-state index contributed by atoms with van der Waals surface area (Å²) in [5.74, 6) is -2.41. The number of carbonyl (C=O) groups excluding carboxylic acids is 3. The van der Waals surface area contributed by atoms with E-state index in [0.717, 1.165) is 51.0 Å². The summed E-state index contributed by atoms with van der Waals surface area (Å²) < 4.78 is 33.4. The Morgan fingerprint density at radius 1 is 1.09 bits per heavy atom. The Bertz CT molecular complexity index is 883. The second-order valence-electron chi connectivity index (χ2n) is 9.63. The molecule has 1 aliphatic heterocycles. The highest BCUT2D eigenvalue weighted by Gasteiger charge is 2.36. The summed E-state index contributed by atoms with van der Waals surface area (Å²) in [7, 11) is 0. The molecule has 2 amide bonds. The minimum absolute atomic E-state index is 0.0144. The maximum atomic E-state index is 14.1. The SMILES string of the molecule is O=C(C[C@@H]1CCC(=O)N1Cc1cccc(F)c1F)N[C@@H](CC1CC1)C(=O)OC1CCCCC1. The quantitative estimate of drug-likeness (QED) is 0.563. The summed E-state index contributed by atoms with van der Waals surface area (Å²) in [6.45, 7) is -0.0877. The van der Waals surface area contributed by atoms with Gasteiger partial charge in [0.15, 0.2) is 11.6 Å². The Labute approximate surface area is 193 Å². The van der Waals surface area contributed by atoms with E-state index in [-0.39, 0.29) is 48.8 Å². The Morgan fingerprint density at radius 3 is 2.58 bits per heavy atom. The zero-order chi connectivity index (χ0) is 23.4. The van der Waals surface area contributed by atoms with Gasteiger partial charge in [-0.15, -0.1) is 0 Å². The molecule has 0 aromatic heterocycles. The summed E-state index contributed by atoms with van der Waals surface area (Å²) >= 11 is 0. The van der Waals surface area contributed by atoms with E-state index in [1.165, 1.54) is 17.0 Å². The van der Waals surface area contributed by atoms with Crippen LogP contribution in [0, 0.1) is 17.6 Å². The predicted octanol–water partition coefficient (Wildman–Crippen LogP) is 4.01. The van der Waals surface area contributed by atoms with E-state index in [0.29, 0.717) is 18.8 Å². The van der Waals surface area contributed by atoms with Crippen LogP contribution in [0.1, 0.15) is 76.2 Å². The molecule has 33 heavy (non-hydrogen) atoms. The summed E-state index contributed by atoms with van der Waals surface area (Å²) in [5.41, 5.74) is 0.0818. The third-order valence-corrected chi connectivity index (χ3v) is 6.97. The summed E-state index contributed by atoms with van der Waals surface area (Å²) in [4.78, 5) is 39.5. The van der Waals surface area contributed by atoms with Crippen LogP contribution in [0.3, 0.4) is 0 Å². The fraction of sp³-hybridized carbons (Fsp3) is 0.640. The molecular weight excluding hydrogens is 430 g/mol. The molecular formula is C25H32F2N2O4. The lowest BCUT2D eigenvalue weighted by molar-refractivity contribution is -0.155. The number of likely N-dealkylation sites (tertiary alicyclic amines) is 1. The van der Waals surface area contributed by atoms with Gasteiger partial charge in [-0.25, -0.2) is 13.6 Å². The van der Waals surface area contributed by atoms with Crippen molar-refractivity contribution < 1.29 is 27.9 Å². The van der Waals surface area contributed by atoms with Crippen molar-refractivity contribution >= 4 is 17.8 Å². The molecule has 1 aromatic carbocycles. The van der Waals surface area contributed by atoms with Crippen molar-refractivity contribution in [3.63, 3.8) is 0 Å². The smallest absolute Gasteiger partial charge is 0.328 e. The van der Waals surface area contributed by atoms with Crippen molar-refractivity contribution in [2.75, 3.05) is 0 Å². The molecule has 1 heterocycles. The van der Waals surface area contributed by atoms with Crippen LogP contribution in [0.4, 0.5) is 8.78 Å². The highest BCUT2D eigenvalue weighted by atomic mass is 19.2. The normalized spacial score (nSPS) is 22.3. The van der Waals surface area contributed by atoms with Gasteiger partial charge in [0.05, 0.1) is 0 Å². The third-order valence-electron chi connectivity index (χ3n) is 6.97. The molecule has 1 N–H and O–H groups in total. The number of carbonyl (C=O) groups is 3. The zero-order valence-corrected chi connectivity index (χ0v) is 18.9. The lowest BCUT2D eigenvalue weighted by atomic mass is 9.97. The molecule has 2 atom stereocenters. The average Bonchev–Trinajstić information content (AvgIpc) is 3.55. The van der Waals surface area contributed by atoms with Crippen molar-refractivity contribution in [1.82, 2.24) is 10.2 Å². The van der Waals surface area contributed by atoms with Crippen LogP contribution in [0.15, 0.2) is 18.2 Å². The van der Waals surface area contributed by atoms with Gasteiger partial charge in [0.2, 0.25) is 11.8 Å². The number of hydrogen-bond acceptors (Lipinski definition) is 4. The van der Waals surface area contributed by atoms with E-state index in [4.69, 9.17) is 4.74 Å². The second-order valence-corrected chi connectivity index (χ2v) is 9.63. The summed E-state index contributed by atoms with van der Waals surface area (Å²) in [5, 5.41) is 2.84. The van der Waals surface area contributed by atoms with Crippen LogP contribution in [-0.2, 0) is 25.7 Å². The number of hydrogen-bond donors (Lipinski definition) is 1. The Hall–Kier alpha value is -2.51. The highest BCUT2D eigenvalue weighted by molar-refractivity contribution is 5.86. The molecule has 4 rings (SSSR count). The number of nitrogens with zero attached hydrogens (tertiary/aromatic N) is 1. The highest BCUT2D eigenvalue weighted by Crippen LogP contribution is 2.34. The Balaban J connectivity index is 1.35. The van der Waals surface area contributed by atoms with Crippen molar-refractivity contribution in [2.24, 2.45) is 5.92 Å². The van der Waals surface area contributed by atoms with E-state index < -0.39 is 23.7 Å². The zero-order valence-electron chi connectivity index (χ0n) is 18.9. The van der Waals surface area contributed by atoms with E-state index in [1.807, 2.05) is 0 Å². The molecule has 1 saturated heterocycles. The Morgan fingerprint density at radius 2 is 1.85 bits per heavy atom. The second kappa shape index (κ2) is 10.6. The summed E-state index contributed by atoms with van der Waals surface area (Å²) in [6, 6.07) is 2.76. The molecule has 0 radical (unpaired) electrons. The van der Waals surface area contributed by atoms with Crippen LogP contribution in [0.2, 0.25) is 0 Å². The van der Waals surface area contributed by atoms with Crippen LogP contribution in [0.5, 0.6) is 0 Å². The first-order valence-electron chi connectivity index (χ1n) is 12.1. The number of nitrogens with one attached hydrogen (secondary N) is 1. The van der Waals surface area contributed by atoms with Crippen LogP contribution in [0.25, 0.3) is 0 Å². The van der Waals surface area contributed by atoms with E-state index in [2.05, 4.69) is 5.32 Å². The standard InChI is InChI=1S/C25H32F2N2O4/c26-20-8-4-5-17(24(20)27)15-29-18(11-12-23(29)31)14-22(30)28-21(13-16-9-10-16)25(32)33-19-6-2-1-3-7-19/h4-5,8,16,18-19,21H,1-3,6-7,9-15H2,(H,28,30)/t18-,21-/m0/s1. The van der Waals surface area contributed by atoms with Crippen molar-refractivity contribution in [3.8, 4) is 0 Å². The lowest BCUT2D eigenvalue weighted by Gasteiger charge is -2.27. The predicted molar refractivity (Wildman–Crippen MR) is 117 cm³/mol. The molecule has 2 saturated carbocycles. The minimum Gasteiger partial charge on any atom is -0.461 e. The van der Waals surface area contributed by atoms with Crippen molar-refractivity contribution in [2.45, 2.75) is 95.4 Å². The first-order chi connectivity index (χ1) is 15.9. The van der Waals surface area contributed by atoms with E-state index in [9.17, 15) is 23.2 Å². The van der Waals surface area contributed by atoms with Crippen LogP contribution >= 0.6 is 0 Å². The molecule has 0 bridgehead atoms. The fourth-order valence-electron chi connectivity index (χ4n) is 4.87. The number of amides is 2. The van der Waals surface area contributed by atoms with Crippen molar-refractivity contribution in [3.05, 3.63) is 35.4 Å². The molecule has 6 nitrogen and oxygen atoms in total. The third kappa shape index (κ3) is 6.30. The van der Waals surface area contributed by atoms with Gasteiger partial charge in [0.25, 0.3) is 0 Å². The molecule has 1 aromatic rings. The molecule has 180 valence electrons. The molecule has 3 fully saturated rings. The van der Waals surface area contributed by atoms with E-state index >= 15 is 0 Å². The van der Waals surface area contributed by atoms with Crippen LogP contribution < -0.4 is 5.32 Å². The van der Waals surface area contributed by atoms with Crippen molar-refractivity contribution in [1.29, 1.82) is 0 Å². The fourth-order valence-corrected chi connectivity index (χ4v) is 4.87. The first-order valence-corrected chi connectivity index (χ1v) is 12.1. The largest absolute Gasteiger partial charge is 0.461 e. The average molecular weight is 463 g/mol. The van der Waals surface area contributed by atoms with Gasteiger partial charge in [0, 0.05) is 31.0 Å². The molecule has 0 spiro atoms. The number of ether oxygens (including phenoxy) is 1. The molecule has 0 unspecified atom stereocenters. The maximum absolute atomic E-state index is 14.1. The number of rotatable bonds is 9. The van der Waals surface area contributed by atoms with E-state index in [1.54, 1.807) is 0 Å². The van der Waals surface area contributed by atoms with Gasteiger partial charge in [-0.1, -0.05) is 31.4 Å². The minimum atomic E-state index is -0.977. The summed E-state index contributed by atoms with van der Waals surface area (Å²) in [6.07, 6.45) is 8.31. The molecule has 8 heteroatoms. The lowest BCUT2D eigenvalue weighted by Crippen LogP contribution is -2.45. The Kier molecular flexibility index (Phi) is 7.60. The van der Waals surface area contributed by atoms with Crippen LogP contribution in [-0.4, -0.2) is 40.9 Å². The number of halogens is 2. The monoisotopic (exact) mass is 462 g/mol. The molecule has 2 aliphatic carbocycles. The van der Waals surface area contributed by atoms with Gasteiger partial charge in [-0.3, -0.25) is 9.59 Å². The molecule has 3 aliphatic rings. The maximum Gasteiger partial charge on any atom is 0.328 e. The number of benzene rings is 1. The van der Waals surface area contributed by atoms with Gasteiger partial charge in [-0.2, -0.15) is 0 Å².